The van der Waals surface area contributed by atoms with E-state index in [1.165, 1.54) is 4.68 Å². The number of nitrogens with one attached hydrogen (secondary N) is 3. The summed E-state index contributed by atoms with van der Waals surface area (Å²) in [7, 11) is 0. The molecule has 3 rings (SSSR count). The third-order valence-corrected chi connectivity index (χ3v) is 5.15. The zero-order valence-corrected chi connectivity index (χ0v) is 19.5. The number of halogens is 1. The van der Waals surface area contributed by atoms with Crippen molar-refractivity contribution >= 4 is 50.2 Å². The van der Waals surface area contributed by atoms with Gasteiger partial charge in [0, 0.05) is 22.1 Å². The normalized spacial score (nSPS) is 10.6. The molecular weight excluding hydrogens is 476 g/mol. The smallest absolute Gasteiger partial charge is 0.328 e. The van der Waals surface area contributed by atoms with E-state index in [4.69, 9.17) is 4.74 Å². The van der Waals surface area contributed by atoms with Crippen molar-refractivity contribution in [2.75, 3.05) is 23.9 Å². The van der Waals surface area contributed by atoms with E-state index in [2.05, 4.69) is 32.0 Å². The van der Waals surface area contributed by atoms with E-state index in [0.29, 0.717) is 30.1 Å². The molecule has 0 saturated carbocycles. The van der Waals surface area contributed by atoms with Crippen molar-refractivity contribution in [1.29, 1.82) is 0 Å². The summed E-state index contributed by atoms with van der Waals surface area (Å²) in [5.41, 5.74) is 3.88. The molecule has 0 saturated heterocycles. The van der Waals surface area contributed by atoms with E-state index >= 15 is 0 Å². The first-order valence-corrected chi connectivity index (χ1v) is 11.2. The number of benzene rings is 2. The number of rotatable bonds is 8. The predicted molar refractivity (Wildman–Crippen MR) is 127 cm³/mol. The van der Waals surface area contributed by atoms with Gasteiger partial charge in [-0.05, 0) is 61.9 Å². The maximum absolute atomic E-state index is 13.0. The summed E-state index contributed by atoms with van der Waals surface area (Å²) in [4.78, 5) is 37.6. The molecule has 3 N–H and O–H groups in total. The number of aromatic nitrogens is 1. The fourth-order valence-electron chi connectivity index (χ4n) is 3.08. The Morgan fingerprint density at radius 1 is 1.00 bits per heavy atom. The largest absolute Gasteiger partial charge is 0.494 e. The number of ether oxygens (including phenoxy) is 1. The fourth-order valence-corrected chi connectivity index (χ4v) is 3.46. The molecule has 0 spiro atoms. The predicted octanol–water partition coefficient (Wildman–Crippen LogP) is 4.04. The number of amides is 3. The molecule has 0 aliphatic heterocycles. The molecule has 0 aliphatic rings. The van der Waals surface area contributed by atoms with Gasteiger partial charge in [0.05, 0.1) is 12.1 Å². The summed E-state index contributed by atoms with van der Waals surface area (Å²) in [6, 6.07) is 14.0. The monoisotopic (exact) mass is 500 g/mol. The van der Waals surface area contributed by atoms with E-state index < -0.39 is 17.7 Å². The van der Waals surface area contributed by atoms with Crippen molar-refractivity contribution in [3.8, 4) is 5.75 Å². The van der Waals surface area contributed by atoms with E-state index in [0.717, 1.165) is 22.7 Å². The lowest BCUT2D eigenvalue weighted by molar-refractivity contribution is -0.136. The lowest BCUT2D eigenvalue weighted by Crippen LogP contribution is -2.40. The van der Waals surface area contributed by atoms with E-state index in [9.17, 15) is 14.4 Å². The minimum Gasteiger partial charge on any atom is -0.494 e. The van der Waals surface area contributed by atoms with E-state index in [1.807, 2.05) is 19.9 Å². The number of unbranched alkanes of at least 4 members (excludes halogenated alkanes) is 1. The third-order valence-electron chi connectivity index (χ3n) is 4.65. The standard InChI is InChI=1S/C23H25BrN4O4/c1-3-5-12-25-22(30)23(31)27-28-19-11-6-16(24)13-15(19)14-20(28)21(29)26-17-7-9-18(10-8-17)32-4-2/h6-11,13-14H,3-5,12H2,1-2H3,(H,25,30)(H,26,29)(H,27,31). The first-order valence-electron chi connectivity index (χ1n) is 10.4. The molecule has 1 heterocycles. The molecule has 2 aromatic carbocycles. The van der Waals surface area contributed by atoms with Crippen LogP contribution in [0.3, 0.4) is 0 Å². The summed E-state index contributed by atoms with van der Waals surface area (Å²) in [6.07, 6.45) is 1.67. The average molecular weight is 501 g/mol. The van der Waals surface area contributed by atoms with Gasteiger partial charge in [-0.25, -0.2) is 4.68 Å². The Kier molecular flexibility index (Phi) is 7.88. The molecule has 0 bridgehead atoms. The number of hydrogen-bond acceptors (Lipinski definition) is 4. The lowest BCUT2D eigenvalue weighted by Gasteiger charge is -2.13. The van der Waals surface area contributed by atoms with Gasteiger partial charge in [0.25, 0.3) is 5.91 Å². The number of fused-ring (bicyclic) bond motifs is 1. The first kappa shape index (κ1) is 23.3. The van der Waals surface area contributed by atoms with Crippen LogP contribution < -0.4 is 20.8 Å². The first-order chi connectivity index (χ1) is 15.4. The zero-order chi connectivity index (χ0) is 23.1. The average Bonchev–Trinajstić information content (AvgIpc) is 3.12. The third kappa shape index (κ3) is 5.67. The highest BCUT2D eigenvalue weighted by Crippen LogP contribution is 2.24. The Bertz CT molecular complexity index is 1120. The van der Waals surface area contributed by atoms with Crippen molar-refractivity contribution in [2.24, 2.45) is 0 Å². The molecule has 0 unspecified atom stereocenters. The molecule has 0 fully saturated rings. The summed E-state index contributed by atoms with van der Waals surface area (Å²) in [5.74, 6) is -1.34. The van der Waals surface area contributed by atoms with Gasteiger partial charge in [-0.15, -0.1) is 0 Å². The molecule has 168 valence electrons. The van der Waals surface area contributed by atoms with Gasteiger partial charge in [0.15, 0.2) is 0 Å². The Balaban J connectivity index is 1.86. The highest BCUT2D eigenvalue weighted by atomic mass is 79.9. The Labute approximate surface area is 194 Å². The van der Waals surface area contributed by atoms with Crippen LogP contribution in [0.25, 0.3) is 10.9 Å². The van der Waals surface area contributed by atoms with E-state index in [-0.39, 0.29) is 5.69 Å². The highest BCUT2D eigenvalue weighted by molar-refractivity contribution is 9.10. The van der Waals surface area contributed by atoms with E-state index in [1.54, 1.807) is 42.5 Å². The molecular formula is C23H25BrN4O4. The van der Waals surface area contributed by atoms with Gasteiger partial charge in [-0.2, -0.15) is 0 Å². The summed E-state index contributed by atoms with van der Waals surface area (Å²) in [6.45, 7) is 4.84. The van der Waals surface area contributed by atoms with Crippen LogP contribution >= 0.6 is 15.9 Å². The van der Waals surface area contributed by atoms with Gasteiger partial charge < -0.3 is 15.4 Å². The topological polar surface area (TPSA) is 101 Å². The van der Waals surface area contributed by atoms with Crippen molar-refractivity contribution in [3.63, 3.8) is 0 Å². The van der Waals surface area contributed by atoms with Crippen molar-refractivity contribution in [2.45, 2.75) is 26.7 Å². The second-order valence-corrected chi connectivity index (χ2v) is 7.95. The van der Waals surface area contributed by atoms with Crippen molar-refractivity contribution < 1.29 is 19.1 Å². The molecule has 0 aliphatic carbocycles. The Morgan fingerprint density at radius 3 is 2.44 bits per heavy atom. The lowest BCUT2D eigenvalue weighted by atomic mass is 10.2. The maximum Gasteiger partial charge on any atom is 0.328 e. The molecule has 3 aromatic rings. The number of nitrogens with zero attached hydrogens (tertiary/aromatic N) is 1. The second-order valence-electron chi connectivity index (χ2n) is 7.03. The minimum atomic E-state index is -0.850. The molecule has 9 heteroatoms. The molecule has 3 amide bonds. The van der Waals surface area contributed by atoms with Gasteiger partial charge in [-0.1, -0.05) is 29.3 Å². The molecule has 0 radical (unpaired) electrons. The van der Waals surface area contributed by atoms with Crippen LogP contribution in [0.4, 0.5) is 5.69 Å². The molecule has 0 atom stereocenters. The van der Waals surface area contributed by atoms with Crippen LogP contribution in [0.2, 0.25) is 0 Å². The molecule has 1 aromatic heterocycles. The Hall–Kier alpha value is -3.33. The van der Waals surface area contributed by atoms with Crippen LogP contribution in [-0.2, 0) is 9.59 Å². The van der Waals surface area contributed by atoms with Crippen molar-refractivity contribution in [1.82, 2.24) is 9.99 Å². The maximum atomic E-state index is 13.0. The summed E-state index contributed by atoms with van der Waals surface area (Å²) < 4.78 is 7.57. The van der Waals surface area contributed by atoms with Crippen LogP contribution in [0.5, 0.6) is 5.75 Å². The highest BCUT2D eigenvalue weighted by Gasteiger charge is 2.21. The summed E-state index contributed by atoms with van der Waals surface area (Å²) in [5, 5.41) is 6.11. The van der Waals surface area contributed by atoms with Crippen LogP contribution in [-0.4, -0.2) is 35.5 Å². The SMILES string of the molecule is CCCCNC(=O)C(=O)Nn1c(C(=O)Nc2ccc(OCC)cc2)cc2cc(Br)ccc21. The summed E-state index contributed by atoms with van der Waals surface area (Å²) >= 11 is 3.41. The molecule has 32 heavy (non-hydrogen) atoms. The van der Waals surface area contributed by atoms with Crippen LogP contribution in [0.15, 0.2) is 53.0 Å². The second kappa shape index (κ2) is 10.8. The van der Waals surface area contributed by atoms with Crippen LogP contribution in [0, 0.1) is 0 Å². The number of carbonyl (C=O) groups excluding carboxylic acids is 3. The number of carbonyl (C=O) groups is 3. The van der Waals surface area contributed by atoms with Gasteiger partial charge >= 0.3 is 11.8 Å². The van der Waals surface area contributed by atoms with Gasteiger partial charge in [0.1, 0.15) is 11.4 Å². The quantitative estimate of drug-likeness (QED) is 0.320. The number of hydrogen-bond donors (Lipinski definition) is 3. The Morgan fingerprint density at radius 2 is 1.75 bits per heavy atom. The van der Waals surface area contributed by atoms with Gasteiger partial charge in [0.2, 0.25) is 0 Å². The van der Waals surface area contributed by atoms with Crippen LogP contribution in [0.1, 0.15) is 37.2 Å². The minimum absolute atomic E-state index is 0.182. The molecule has 8 nitrogen and oxygen atoms in total. The fraction of sp³-hybridized carbons (Fsp3) is 0.261. The zero-order valence-electron chi connectivity index (χ0n) is 17.9. The van der Waals surface area contributed by atoms with Crippen molar-refractivity contribution in [3.05, 3.63) is 58.7 Å². The number of anilines is 1. The van der Waals surface area contributed by atoms with Gasteiger partial charge in [-0.3, -0.25) is 19.8 Å².